The largest absolute Gasteiger partial charge is 0.395 e. The van der Waals surface area contributed by atoms with E-state index in [1.807, 2.05) is 0 Å². The van der Waals surface area contributed by atoms with Gasteiger partial charge < -0.3 is 5.11 Å². The van der Waals surface area contributed by atoms with E-state index in [0.717, 1.165) is 5.69 Å². The number of aromatic nitrogens is 1. The van der Waals surface area contributed by atoms with Crippen LogP contribution in [0.5, 0.6) is 0 Å². The number of aryl methyl sites for hydroxylation is 1. The highest BCUT2D eigenvalue weighted by atomic mass is 32.2. The summed E-state index contributed by atoms with van der Waals surface area (Å²) in [7, 11) is -3.63. The van der Waals surface area contributed by atoms with Gasteiger partial charge in [-0.1, -0.05) is 11.8 Å². The number of nitrogens with zero attached hydrogens (tertiary/aromatic N) is 1. The molecule has 0 fully saturated rings. The van der Waals surface area contributed by atoms with Gasteiger partial charge in [0.05, 0.1) is 17.2 Å². The molecule has 0 saturated heterocycles. The molecular formula is C14H14N2O3S2. The second-order valence-electron chi connectivity index (χ2n) is 4.20. The molecule has 1 aromatic heterocycles. The third kappa shape index (κ3) is 4.29. The predicted octanol–water partition coefficient (Wildman–Crippen LogP) is 1.99. The van der Waals surface area contributed by atoms with Crippen molar-refractivity contribution >= 4 is 26.5 Å². The maximum Gasteiger partial charge on any atom is 0.263 e. The van der Waals surface area contributed by atoms with Crippen LogP contribution in [0.3, 0.4) is 0 Å². The quantitative estimate of drug-likeness (QED) is 0.844. The molecule has 21 heavy (non-hydrogen) atoms. The number of nitrogens with one attached hydrogen (secondary N) is 1. The van der Waals surface area contributed by atoms with Gasteiger partial charge in [0.15, 0.2) is 5.13 Å². The maximum absolute atomic E-state index is 12.2. The summed E-state index contributed by atoms with van der Waals surface area (Å²) in [5.74, 6) is 5.62. The number of anilines is 1. The molecule has 0 aliphatic rings. The Bertz CT molecular complexity index is 769. The SMILES string of the molecule is Cc1csc(NS(=O)(=O)c2ccc(C#CCCO)cc2)n1. The van der Waals surface area contributed by atoms with E-state index < -0.39 is 10.0 Å². The summed E-state index contributed by atoms with van der Waals surface area (Å²) in [6, 6.07) is 6.25. The smallest absolute Gasteiger partial charge is 0.263 e. The summed E-state index contributed by atoms with van der Waals surface area (Å²) >= 11 is 1.24. The van der Waals surface area contributed by atoms with E-state index in [4.69, 9.17) is 5.11 Å². The molecule has 0 amide bonds. The number of rotatable bonds is 4. The molecule has 0 saturated carbocycles. The van der Waals surface area contributed by atoms with Crippen molar-refractivity contribution in [3.05, 3.63) is 40.9 Å². The molecule has 0 aliphatic carbocycles. The molecule has 0 atom stereocenters. The minimum Gasteiger partial charge on any atom is -0.395 e. The van der Waals surface area contributed by atoms with Crippen molar-refractivity contribution in [1.29, 1.82) is 0 Å². The van der Waals surface area contributed by atoms with Gasteiger partial charge in [0.1, 0.15) is 0 Å². The van der Waals surface area contributed by atoms with Crippen molar-refractivity contribution in [2.75, 3.05) is 11.3 Å². The first-order valence-corrected chi connectivity index (χ1v) is 8.52. The molecule has 0 radical (unpaired) electrons. The highest BCUT2D eigenvalue weighted by molar-refractivity contribution is 7.93. The molecular weight excluding hydrogens is 308 g/mol. The van der Waals surface area contributed by atoms with Crippen LogP contribution < -0.4 is 4.72 Å². The van der Waals surface area contributed by atoms with E-state index in [2.05, 4.69) is 21.5 Å². The molecule has 0 aliphatic heterocycles. The number of hydrogen-bond acceptors (Lipinski definition) is 5. The zero-order chi connectivity index (χ0) is 15.3. The molecule has 2 N–H and O–H groups in total. The summed E-state index contributed by atoms with van der Waals surface area (Å²) < 4.78 is 26.8. The van der Waals surface area contributed by atoms with E-state index in [1.165, 1.54) is 23.5 Å². The van der Waals surface area contributed by atoms with Crippen molar-refractivity contribution in [1.82, 2.24) is 4.98 Å². The highest BCUT2D eigenvalue weighted by Crippen LogP contribution is 2.19. The van der Waals surface area contributed by atoms with Crippen LogP contribution in [0.25, 0.3) is 0 Å². The van der Waals surface area contributed by atoms with Crippen molar-refractivity contribution in [2.24, 2.45) is 0 Å². The Morgan fingerprint density at radius 1 is 1.33 bits per heavy atom. The predicted molar refractivity (Wildman–Crippen MR) is 82.7 cm³/mol. The van der Waals surface area contributed by atoms with Gasteiger partial charge >= 0.3 is 0 Å². The molecule has 7 heteroatoms. The highest BCUT2D eigenvalue weighted by Gasteiger charge is 2.15. The van der Waals surface area contributed by atoms with Crippen molar-refractivity contribution < 1.29 is 13.5 Å². The maximum atomic E-state index is 12.2. The summed E-state index contributed by atoms with van der Waals surface area (Å²) in [5.41, 5.74) is 1.47. The van der Waals surface area contributed by atoms with Gasteiger partial charge in [0.2, 0.25) is 0 Å². The van der Waals surface area contributed by atoms with Crippen LogP contribution in [-0.4, -0.2) is 25.1 Å². The van der Waals surface area contributed by atoms with Crippen LogP contribution in [0.15, 0.2) is 34.5 Å². The third-order valence-electron chi connectivity index (χ3n) is 2.47. The fourth-order valence-electron chi connectivity index (χ4n) is 1.51. The summed E-state index contributed by atoms with van der Waals surface area (Å²) in [6.07, 6.45) is 0.394. The number of aliphatic hydroxyl groups excluding tert-OH is 1. The molecule has 2 rings (SSSR count). The second-order valence-corrected chi connectivity index (χ2v) is 6.74. The molecule has 5 nitrogen and oxygen atoms in total. The molecule has 110 valence electrons. The molecule has 0 bridgehead atoms. The monoisotopic (exact) mass is 322 g/mol. The molecule has 0 unspecified atom stereocenters. The standard InChI is InChI=1S/C14H14N2O3S2/c1-11-10-20-14(15-11)16-21(18,19)13-7-5-12(6-8-13)4-2-3-9-17/h5-8,10,17H,3,9H2,1H3,(H,15,16). The van der Waals surface area contributed by atoms with E-state index in [0.29, 0.717) is 17.1 Å². The van der Waals surface area contributed by atoms with Crippen LogP contribution >= 0.6 is 11.3 Å². The zero-order valence-electron chi connectivity index (χ0n) is 11.3. The van der Waals surface area contributed by atoms with Crippen molar-refractivity contribution in [3.8, 4) is 11.8 Å². The lowest BCUT2D eigenvalue weighted by Crippen LogP contribution is -2.12. The van der Waals surface area contributed by atoms with Gasteiger partial charge in [-0.2, -0.15) is 0 Å². The minimum atomic E-state index is -3.63. The summed E-state index contributed by atoms with van der Waals surface area (Å²) in [4.78, 5) is 4.23. The normalized spacial score (nSPS) is 10.8. The Hall–Kier alpha value is -1.88. The molecule has 2 aromatic rings. The van der Waals surface area contributed by atoms with Gasteiger partial charge in [-0.3, -0.25) is 4.72 Å². The van der Waals surface area contributed by atoms with Crippen LogP contribution in [0.2, 0.25) is 0 Å². The minimum absolute atomic E-state index is 0.0105. The first-order valence-electron chi connectivity index (χ1n) is 6.16. The van der Waals surface area contributed by atoms with Crippen molar-refractivity contribution in [2.45, 2.75) is 18.2 Å². The van der Waals surface area contributed by atoms with Crippen LogP contribution in [0, 0.1) is 18.8 Å². The number of aliphatic hydroxyl groups is 1. The first-order chi connectivity index (χ1) is 10.0. The van der Waals surface area contributed by atoms with Gasteiger partial charge in [0, 0.05) is 17.4 Å². The average molecular weight is 322 g/mol. The zero-order valence-corrected chi connectivity index (χ0v) is 13.0. The second kappa shape index (κ2) is 6.72. The number of benzene rings is 1. The Kier molecular flexibility index (Phi) is 4.96. The Balaban J connectivity index is 2.15. The topological polar surface area (TPSA) is 79.3 Å². The Labute approximate surface area is 127 Å². The lowest BCUT2D eigenvalue weighted by molar-refractivity contribution is 0.305. The van der Waals surface area contributed by atoms with Crippen LogP contribution in [-0.2, 0) is 10.0 Å². The molecule has 0 spiro atoms. The fraction of sp³-hybridized carbons (Fsp3) is 0.214. The van der Waals surface area contributed by atoms with E-state index in [9.17, 15) is 8.42 Å². The van der Waals surface area contributed by atoms with Crippen LogP contribution in [0.1, 0.15) is 17.7 Å². The number of sulfonamides is 1. The molecule has 1 heterocycles. The van der Waals surface area contributed by atoms with Crippen LogP contribution in [0.4, 0.5) is 5.13 Å². The Morgan fingerprint density at radius 3 is 2.62 bits per heavy atom. The van der Waals surface area contributed by atoms with E-state index >= 15 is 0 Å². The van der Waals surface area contributed by atoms with E-state index in [-0.39, 0.29) is 11.5 Å². The Morgan fingerprint density at radius 2 is 2.05 bits per heavy atom. The summed E-state index contributed by atoms with van der Waals surface area (Å²) in [5, 5.41) is 10.8. The number of hydrogen-bond donors (Lipinski definition) is 2. The van der Waals surface area contributed by atoms with E-state index in [1.54, 1.807) is 24.4 Å². The van der Waals surface area contributed by atoms with Gasteiger partial charge in [0.25, 0.3) is 10.0 Å². The first kappa shape index (κ1) is 15.5. The average Bonchev–Trinajstić information content (AvgIpc) is 2.84. The lowest BCUT2D eigenvalue weighted by Gasteiger charge is -2.04. The third-order valence-corrected chi connectivity index (χ3v) is 4.83. The van der Waals surface area contributed by atoms with Crippen molar-refractivity contribution in [3.63, 3.8) is 0 Å². The molecule has 1 aromatic carbocycles. The lowest BCUT2D eigenvalue weighted by atomic mass is 10.2. The number of thiazole rings is 1. The van der Waals surface area contributed by atoms with Gasteiger partial charge in [-0.05, 0) is 31.2 Å². The van der Waals surface area contributed by atoms with Gasteiger partial charge in [-0.25, -0.2) is 13.4 Å². The van der Waals surface area contributed by atoms with Gasteiger partial charge in [-0.15, -0.1) is 11.3 Å². The fourth-order valence-corrected chi connectivity index (χ4v) is 3.45. The summed E-state index contributed by atoms with van der Waals surface area (Å²) in [6.45, 7) is 1.81.